The Bertz CT molecular complexity index is 311. The third kappa shape index (κ3) is 1.82. The summed E-state index contributed by atoms with van der Waals surface area (Å²) in [4.78, 5) is 0. The van der Waals surface area contributed by atoms with E-state index in [2.05, 4.69) is 6.58 Å². The molecule has 0 fully saturated rings. The fourth-order valence-electron chi connectivity index (χ4n) is 0.976. The molecule has 0 bridgehead atoms. The van der Waals surface area contributed by atoms with E-state index < -0.39 is 0 Å². The minimum atomic E-state index is -0.166. The average molecular weight is 162 g/mol. The smallest absolute Gasteiger partial charge is 0.126 e. The summed E-state index contributed by atoms with van der Waals surface area (Å²) < 4.78 is 12.9. The van der Waals surface area contributed by atoms with E-state index in [0.717, 1.165) is 5.56 Å². The van der Waals surface area contributed by atoms with Crippen LogP contribution in [0.25, 0.3) is 6.08 Å². The van der Waals surface area contributed by atoms with Gasteiger partial charge in [0.15, 0.2) is 0 Å². The summed E-state index contributed by atoms with van der Waals surface area (Å²) in [7, 11) is 0. The average Bonchev–Trinajstić information content (AvgIpc) is 2.08. The van der Waals surface area contributed by atoms with Crippen molar-refractivity contribution in [2.75, 3.05) is 0 Å². The van der Waals surface area contributed by atoms with E-state index in [1.807, 2.05) is 12.1 Å². The Balaban J connectivity index is 3.07. The van der Waals surface area contributed by atoms with Crippen molar-refractivity contribution in [3.63, 3.8) is 0 Å². The molecule has 0 heterocycles. The fourth-order valence-corrected chi connectivity index (χ4v) is 0.976. The monoisotopic (exact) mass is 162 g/mol. The van der Waals surface area contributed by atoms with E-state index >= 15 is 0 Å². The van der Waals surface area contributed by atoms with E-state index in [-0.39, 0.29) is 5.82 Å². The van der Waals surface area contributed by atoms with Crippen LogP contribution in [0.5, 0.6) is 0 Å². The molecular formula is C11H11F. The number of hydrogen-bond donors (Lipinski definition) is 0. The summed E-state index contributed by atoms with van der Waals surface area (Å²) >= 11 is 0. The summed E-state index contributed by atoms with van der Waals surface area (Å²) in [6.45, 7) is 5.31. The van der Waals surface area contributed by atoms with Gasteiger partial charge in [0.05, 0.1) is 0 Å². The first-order valence-corrected chi connectivity index (χ1v) is 3.80. The normalized spacial score (nSPS) is 10.5. The maximum absolute atomic E-state index is 12.9. The molecule has 12 heavy (non-hydrogen) atoms. The number of rotatable bonds is 2. The highest BCUT2D eigenvalue weighted by Gasteiger charge is 1.98. The van der Waals surface area contributed by atoms with Crippen LogP contribution in [0.2, 0.25) is 0 Å². The van der Waals surface area contributed by atoms with Crippen molar-refractivity contribution in [1.29, 1.82) is 0 Å². The molecule has 0 amide bonds. The largest absolute Gasteiger partial charge is 0.207 e. The third-order valence-electron chi connectivity index (χ3n) is 1.72. The van der Waals surface area contributed by atoms with Gasteiger partial charge in [-0.05, 0) is 24.1 Å². The van der Waals surface area contributed by atoms with Crippen LogP contribution in [0, 0.1) is 12.7 Å². The lowest BCUT2D eigenvalue weighted by molar-refractivity contribution is 0.618. The van der Waals surface area contributed by atoms with Crippen LogP contribution in [0.3, 0.4) is 0 Å². The van der Waals surface area contributed by atoms with Gasteiger partial charge in [0.1, 0.15) is 5.82 Å². The van der Waals surface area contributed by atoms with Gasteiger partial charge in [-0.3, -0.25) is 0 Å². The molecule has 0 nitrogen and oxygen atoms in total. The Morgan fingerprint density at radius 1 is 1.42 bits per heavy atom. The first kappa shape index (κ1) is 8.72. The molecule has 0 atom stereocenters. The van der Waals surface area contributed by atoms with Gasteiger partial charge < -0.3 is 0 Å². The van der Waals surface area contributed by atoms with Crippen LogP contribution < -0.4 is 0 Å². The predicted molar refractivity (Wildman–Crippen MR) is 50.4 cm³/mol. The van der Waals surface area contributed by atoms with Gasteiger partial charge in [0, 0.05) is 0 Å². The zero-order valence-corrected chi connectivity index (χ0v) is 7.05. The van der Waals surface area contributed by atoms with Crippen molar-refractivity contribution in [2.24, 2.45) is 0 Å². The SMILES string of the molecule is C=C/C=C\c1cccc(F)c1C. The molecule has 62 valence electrons. The highest BCUT2D eigenvalue weighted by molar-refractivity contribution is 5.54. The number of benzene rings is 1. The minimum absolute atomic E-state index is 0.166. The van der Waals surface area contributed by atoms with Gasteiger partial charge in [-0.15, -0.1) is 0 Å². The molecular weight excluding hydrogens is 151 g/mol. The molecule has 0 aromatic heterocycles. The van der Waals surface area contributed by atoms with Crippen molar-refractivity contribution in [2.45, 2.75) is 6.92 Å². The van der Waals surface area contributed by atoms with E-state index in [9.17, 15) is 4.39 Å². The third-order valence-corrected chi connectivity index (χ3v) is 1.72. The van der Waals surface area contributed by atoms with Crippen molar-refractivity contribution >= 4 is 6.08 Å². The number of hydrogen-bond acceptors (Lipinski definition) is 0. The molecule has 0 N–H and O–H groups in total. The Morgan fingerprint density at radius 2 is 2.17 bits per heavy atom. The Kier molecular flexibility index (Phi) is 2.81. The second-order valence-electron chi connectivity index (χ2n) is 2.55. The zero-order chi connectivity index (χ0) is 8.97. The lowest BCUT2D eigenvalue weighted by atomic mass is 10.1. The van der Waals surface area contributed by atoms with Crippen LogP contribution in [0.1, 0.15) is 11.1 Å². The molecule has 1 aromatic carbocycles. The molecule has 0 unspecified atom stereocenters. The van der Waals surface area contributed by atoms with Crippen molar-refractivity contribution in [3.8, 4) is 0 Å². The number of halogens is 1. The molecule has 0 saturated carbocycles. The highest BCUT2D eigenvalue weighted by atomic mass is 19.1. The van der Waals surface area contributed by atoms with Gasteiger partial charge in [-0.25, -0.2) is 4.39 Å². The molecule has 0 saturated heterocycles. The lowest BCUT2D eigenvalue weighted by Gasteiger charge is -1.99. The second-order valence-corrected chi connectivity index (χ2v) is 2.55. The van der Waals surface area contributed by atoms with Crippen LogP contribution >= 0.6 is 0 Å². The highest BCUT2D eigenvalue weighted by Crippen LogP contribution is 2.13. The summed E-state index contributed by atoms with van der Waals surface area (Å²) in [5.41, 5.74) is 1.57. The van der Waals surface area contributed by atoms with Crippen LogP contribution in [0.4, 0.5) is 4.39 Å². The van der Waals surface area contributed by atoms with Crippen molar-refractivity contribution in [1.82, 2.24) is 0 Å². The second kappa shape index (κ2) is 3.86. The molecule has 1 aromatic rings. The number of allylic oxidation sites excluding steroid dienone is 2. The first-order valence-electron chi connectivity index (χ1n) is 3.80. The van der Waals surface area contributed by atoms with Gasteiger partial charge in [0.2, 0.25) is 0 Å². The molecule has 0 spiro atoms. The maximum atomic E-state index is 12.9. The van der Waals surface area contributed by atoms with Gasteiger partial charge in [-0.2, -0.15) is 0 Å². The molecule has 0 aliphatic carbocycles. The van der Waals surface area contributed by atoms with Crippen LogP contribution in [0.15, 0.2) is 36.9 Å². The lowest BCUT2D eigenvalue weighted by Crippen LogP contribution is -1.84. The minimum Gasteiger partial charge on any atom is -0.207 e. The molecule has 1 rings (SSSR count). The summed E-state index contributed by atoms with van der Waals surface area (Å²) in [6, 6.07) is 5.03. The predicted octanol–water partition coefficient (Wildman–Crippen LogP) is 3.33. The van der Waals surface area contributed by atoms with Gasteiger partial charge >= 0.3 is 0 Å². The Labute approximate surface area is 72.0 Å². The quantitative estimate of drug-likeness (QED) is 0.585. The van der Waals surface area contributed by atoms with E-state index in [0.29, 0.717) is 5.56 Å². The van der Waals surface area contributed by atoms with Gasteiger partial charge in [-0.1, -0.05) is 36.9 Å². The summed E-state index contributed by atoms with van der Waals surface area (Å²) in [6.07, 6.45) is 5.30. The van der Waals surface area contributed by atoms with E-state index in [1.54, 1.807) is 25.1 Å². The molecule has 0 aliphatic heterocycles. The maximum Gasteiger partial charge on any atom is 0.126 e. The van der Waals surface area contributed by atoms with Crippen molar-refractivity contribution in [3.05, 3.63) is 53.9 Å². The van der Waals surface area contributed by atoms with Crippen LogP contribution in [-0.4, -0.2) is 0 Å². The van der Waals surface area contributed by atoms with Gasteiger partial charge in [0.25, 0.3) is 0 Å². The summed E-state index contributed by atoms with van der Waals surface area (Å²) in [5, 5.41) is 0. The molecule has 1 heteroatoms. The van der Waals surface area contributed by atoms with E-state index in [4.69, 9.17) is 0 Å². The van der Waals surface area contributed by atoms with Crippen LogP contribution in [-0.2, 0) is 0 Å². The topological polar surface area (TPSA) is 0 Å². The van der Waals surface area contributed by atoms with Crippen molar-refractivity contribution < 1.29 is 4.39 Å². The Hall–Kier alpha value is -1.37. The fraction of sp³-hybridized carbons (Fsp3) is 0.0909. The van der Waals surface area contributed by atoms with E-state index in [1.165, 1.54) is 6.07 Å². The first-order chi connectivity index (χ1) is 5.75. The molecule has 0 aliphatic rings. The molecule has 0 radical (unpaired) electrons. The summed E-state index contributed by atoms with van der Waals surface area (Å²) in [5.74, 6) is -0.166. The zero-order valence-electron chi connectivity index (χ0n) is 7.05. The standard InChI is InChI=1S/C11H11F/c1-3-4-6-10-7-5-8-11(12)9(10)2/h3-8H,1H2,2H3/b6-4-. The Morgan fingerprint density at radius 3 is 2.83 bits per heavy atom.